The van der Waals surface area contributed by atoms with E-state index in [0.717, 1.165) is 9.22 Å². The summed E-state index contributed by atoms with van der Waals surface area (Å²) >= 11 is 2.17. The van der Waals surface area contributed by atoms with Crippen molar-refractivity contribution in [1.82, 2.24) is 14.8 Å². The van der Waals surface area contributed by atoms with Crippen molar-refractivity contribution in [3.63, 3.8) is 0 Å². The fourth-order valence-corrected chi connectivity index (χ4v) is 1.61. The molecule has 2 rings (SSSR count). The van der Waals surface area contributed by atoms with Gasteiger partial charge in [0.05, 0.1) is 12.1 Å². The molecule has 0 spiro atoms. The molecule has 1 N–H and O–H groups in total. The highest BCUT2D eigenvalue weighted by atomic mass is 127. The number of nitrogens with zero attached hydrogens (tertiary/aromatic N) is 3. The van der Waals surface area contributed by atoms with Crippen LogP contribution in [0.4, 0.5) is 0 Å². The summed E-state index contributed by atoms with van der Waals surface area (Å²) in [5, 5.41) is 16.6. The Morgan fingerprint density at radius 2 is 2.33 bits per heavy atom. The first kappa shape index (κ1) is 7.93. The number of aromatic nitrogens is 3. The molecule has 4 nitrogen and oxygen atoms in total. The minimum Gasteiger partial charge on any atom is -0.390 e. The number of rotatable bonds is 1. The van der Waals surface area contributed by atoms with Crippen LogP contribution in [0.15, 0.2) is 18.2 Å². The molecule has 2 aromatic heterocycles. The summed E-state index contributed by atoms with van der Waals surface area (Å²) in [6.07, 6.45) is 0. The minimum atomic E-state index is -0.0659. The summed E-state index contributed by atoms with van der Waals surface area (Å²) in [5.74, 6) is 0. The van der Waals surface area contributed by atoms with Crippen LogP contribution < -0.4 is 0 Å². The summed E-state index contributed by atoms with van der Waals surface area (Å²) in [6.45, 7) is -0.0659. The first-order valence-corrected chi connectivity index (χ1v) is 4.50. The average molecular weight is 275 g/mol. The minimum absolute atomic E-state index is 0.0659. The van der Waals surface area contributed by atoms with E-state index in [1.54, 1.807) is 4.52 Å². The van der Waals surface area contributed by atoms with Gasteiger partial charge in [0.1, 0.15) is 9.39 Å². The number of pyridine rings is 1. The van der Waals surface area contributed by atoms with Crippen molar-refractivity contribution < 1.29 is 5.11 Å². The Labute approximate surface area is 82.3 Å². The number of hydrogen-bond acceptors (Lipinski definition) is 3. The van der Waals surface area contributed by atoms with E-state index in [1.165, 1.54) is 0 Å². The zero-order valence-electron chi connectivity index (χ0n) is 6.11. The van der Waals surface area contributed by atoms with Gasteiger partial charge in [0, 0.05) is 0 Å². The number of fused-ring (bicyclic) bond motifs is 1. The number of halogens is 1. The molecule has 0 saturated carbocycles. The molecule has 0 radical (unpaired) electrons. The molecule has 0 bridgehead atoms. The van der Waals surface area contributed by atoms with E-state index >= 15 is 0 Å². The molecule has 0 aromatic carbocycles. The largest absolute Gasteiger partial charge is 0.390 e. The summed E-state index contributed by atoms with van der Waals surface area (Å²) < 4.78 is 2.68. The van der Waals surface area contributed by atoms with Gasteiger partial charge in [0.2, 0.25) is 0 Å². The molecule has 0 amide bonds. The van der Waals surface area contributed by atoms with Crippen molar-refractivity contribution in [3.05, 3.63) is 27.6 Å². The van der Waals surface area contributed by atoms with Crippen molar-refractivity contribution in [3.8, 4) is 0 Å². The lowest BCUT2D eigenvalue weighted by molar-refractivity contribution is 0.278. The second-order valence-electron chi connectivity index (χ2n) is 2.34. The van der Waals surface area contributed by atoms with Crippen molar-refractivity contribution in [2.24, 2.45) is 0 Å². The molecule has 0 saturated heterocycles. The van der Waals surface area contributed by atoms with E-state index < -0.39 is 0 Å². The summed E-state index contributed by atoms with van der Waals surface area (Å²) in [4.78, 5) is 0. The van der Waals surface area contributed by atoms with Gasteiger partial charge in [-0.25, -0.2) is 4.52 Å². The van der Waals surface area contributed by atoms with E-state index in [9.17, 15) is 0 Å². The fraction of sp³-hybridized carbons (Fsp3) is 0.143. The summed E-state index contributed by atoms with van der Waals surface area (Å²) in [6, 6.07) is 5.73. The zero-order chi connectivity index (χ0) is 8.55. The lowest BCUT2D eigenvalue weighted by Crippen LogP contribution is -1.91. The number of aliphatic hydroxyl groups excluding tert-OH is 1. The highest BCUT2D eigenvalue weighted by molar-refractivity contribution is 14.1. The smallest absolute Gasteiger partial charge is 0.116 e. The van der Waals surface area contributed by atoms with Gasteiger partial charge < -0.3 is 5.11 Å². The van der Waals surface area contributed by atoms with Crippen molar-refractivity contribution in [1.29, 1.82) is 0 Å². The molecule has 62 valence electrons. The maximum Gasteiger partial charge on any atom is 0.116 e. The van der Waals surface area contributed by atoms with Gasteiger partial charge in [0.25, 0.3) is 0 Å². The van der Waals surface area contributed by atoms with Gasteiger partial charge in [-0.1, -0.05) is 11.3 Å². The molecule has 0 aliphatic heterocycles. The predicted octanol–water partition coefficient (Wildman–Crippen LogP) is 0.826. The first-order chi connectivity index (χ1) is 5.83. The van der Waals surface area contributed by atoms with Crippen LogP contribution in [0.1, 0.15) is 5.69 Å². The van der Waals surface area contributed by atoms with Crippen LogP contribution in [0.3, 0.4) is 0 Å². The molecule has 0 unspecified atom stereocenters. The van der Waals surface area contributed by atoms with Gasteiger partial charge >= 0.3 is 0 Å². The monoisotopic (exact) mass is 275 g/mol. The summed E-state index contributed by atoms with van der Waals surface area (Å²) in [7, 11) is 0. The van der Waals surface area contributed by atoms with Crippen molar-refractivity contribution in [2.75, 3.05) is 0 Å². The third kappa shape index (κ3) is 1.09. The molecular formula is C7H6IN3O. The number of hydrogen-bond donors (Lipinski definition) is 1. The Morgan fingerprint density at radius 1 is 1.50 bits per heavy atom. The lowest BCUT2D eigenvalue weighted by Gasteiger charge is -1.94. The standard InChI is InChI=1S/C7H6IN3O/c8-7-3-1-2-6-5(4-12)9-10-11(6)7/h1-3,12H,4H2. The van der Waals surface area contributed by atoms with Crippen molar-refractivity contribution in [2.45, 2.75) is 6.61 Å². The fourth-order valence-electron chi connectivity index (χ4n) is 1.05. The Hall–Kier alpha value is -0.690. The predicted molar refractivity (Wildman–Crippen MR) is 51.6 cm³/mol. The van der Waals surface area contributed by atoms with Crippen LogP contribution in [-0.4, -0.2) is 19.9 Å². The van der Waals surface area contributed by atoms with Crippen LogP contribution >= 0.6 is 22.6 Å². The van der Waals surface area contributed by atoms with Gasteiger partial charge in [-0.15, -0.1) is 5.10 Å². The van der Waals surface area contributed by atoms with Gasteiger partial charge in [-0.05, 0) is 34.7 Å². The van der Waals surface area contributed by atoms with Crippen molar-refractivity contribution >= 4 is 28.1 Å². The summed E-state index contributed by atoms with van der Waals surface area (Å²) in [5.41, 5.74) is 1.48. The van der Waals surface area contributed by atoms with Crippen LogP contribution in [0.2, 0.25) is 0 Å². The Morgan fingerprint density at radius 3 is 3.08 bits per heavy atom. The Balaban J connectivity index is 2.80. The zero-order valence-corrected chi connectivity index (χ0v) is 8.26. The molecule has 5 heteroatoms. The SMILES string of the molecule is OCc1nnn2c(I)cccc12. The highest BCUT2D eigenvalue weighted by Gasteiger charge is 2.05. The third-order valence-electron chi connectivity index (χ3n) is 1.62. The van der Waals surface area contributed by atoms with E-state index in [0.29, 0.717) is 5.69 Å². The highest BCUT2D eigenvalue weighted by Crippen LogP contribution is 2.11. The van der Waals surface area contributed by atoms with Gasteiger partial charge in [0.15, 0.2) is 0 Å². The molecule has 0 fully saturated rings. The maximum atomic E-state index is 8.90. The maximum absolute atomic E-state index is 8.90. The molecule has 0 aliphatic carbocycles. The first-order valence-electron chi connectivity index (χ1n) is 3.42. The topological polar surface area (TPSA) is 50.4 Å². The second kappa shape index (κ2) is 2.98. The van der Waals surface area contributed by atoms with Crippen LogP contribution in [0, 0.1) is 3.70 Å². The van der Waals surface area contributed by atoms with Crippen LogP contribution in [-0.2, 0) is 6.61 Å². The average Bonchev–Trinajstić information content (AvgIpc) is 2.49. The quantitative estimate of drug-likeness (QED) is 0.619. The second-order valence-corrected chi connectivity index (χ2v) is 3.45. The van der Waals surface area contributed by atoms with E-state index in [1.807, 2.05) is 18.2 Å². The van der Waals surface area contributed by atoms with Crippen LogP contribution in [0.25, 0.3) is 5.52 Å². The van der Waals surface area contributed by atoms with Crippen LogP contribution in [0.5, 0.6) is 0 Å². The Kier molecular flexibility index (Phi) is 1.97. The third-order valence-corrected chi connectivity index (χ3v) is 2.44. The normalized spacial score (nSPS) is 10.8. The molecule has 12 heavy (non-hydrogen) atoms. The van der Waals surface area contributed by atoms with E-state index in [4.69, 9.17) is 5.11 Å². The lowest BCUT2D eigenvalue weighted by atomic mass is 10.3. The molecule has 2 heterocycles. The Bertz CT molecular complexity index is 412. The molecule has 2 aromatic rings. The van der Waals surface area contributed by atoms with E-state index in [2.05, 4.69) is 32.9 Å². The van der Waals surface area contributed by atoms with E-state index in [-0.39, 0.29) is 6.61 Å². The van der Waals surface area contributed by atoms with Gasteiger partial charge in [-0.3, -0.25) is 0 Å². The number of aliphatic hydroxyl groups is 1. The van der Waals surface area contributed by atoms with Gasteiger partial charge in [-0.2, -0.15) is 0 Å². The molecule has 0 aliphatic rings. The molecule has 0 atom stereocenters. The molecular weight excluding hydrogens is 269 g/mol.